The van der Waals surface area contributed by atoms with Crippen molar-refractivity contribution in [2.75, 3.05) is 20.3 Å². The zero-order valence-electron chi connectivity index (χ0n) is 36.5. The van der Waals surface area contributed by atoms with Gasteiger partial charge in [0.05, 0.1) is 28.0 Å². The molecule has 10 atom stereocenters. The number of ketones is 2. The number of rotatable bonds is 15. The Labute approximate surface area is 378 Å². The topological polar surface area (TPSA) is 313 Å². The lowest BCUT2D eigenvalue weighted by Crippen LogP contribution is -2.61. The molecule has 25 heteroatoms. The van der Waals surface area contributed by atoms with Gasteiger partial charge < -0.3 is 62.3 Å². The number of fused-ring (bicyclic) bond motifs is 1. The molecule has 0 saturated carbocycles. The molecule has 0 amide bonds. The van der Waals surface area contributed by atoms with E-state index in [0.717, 1.165) is 62.5 Å². The van der Waals surface area contributed by atoms with Gasteiger partial charge in [0, 0.05) is 61.0 Å². The fourth-order valence-corrected chi connectivity index (χ4v) is 9.62. The quantitative estimate of drug-likeness (QED) is 0.143. The molecule has 0 bridgehead atoms. The molecule has 1 aromatic carbocycles. The highest BCUT2D eigenvalue weighted by Gasteiger charge is 2.56. The van der Waals surface area contributed by atoms with Crippen molar-refractivity contribution in [1.29, 1.82) is 0 Å². The van der Waals surface area contributed by atoms with Crippen LogP contribution in [0.1, 0.15) is 81.7 Å². The van der Waals surface area contributed by atoms with Gasteiger partial charge in [-0.15, -0.1) is 0 Å². The third-order valence-corrected chi connectivity index (χ3v) is 11.9. The number of Topliss-reactive ketones (excluding diaryl/α,β-unsaturated/α-hetero) is 2. The highest BCUT2D eigenvalue weighted by atomic mass is 32.2. The Morgan fingerprint density at radius 3 is 1.11 bits per heavy atom. The molecule has 4 rings (SSSR count). The first-order valence-corrected chi connectivity index (χ1v) is 21.0. The number of carbonyl (C=O) groups excluding carboxylic acids is 10. The highest BCUT2D eigenvalue weighted by molar-refractivity contribution is 8.08. The van der Waals surface area contributed by atoms with Crippen LogP contribution in [0.5, 0.6) is 17.2 Å². The Hall–Kier alpha value is -5.92. The normalized spacial score (nSPS) is 26.1. The van der Waals surface area contributed by atoms with E-state index in [4.69, 9.17) is 52.1 Å². The number of aromatic hydroxyl groups is 2. The number of allylic oxidation sites excluding steroid dienone is 2. The van der Waals surface area contributed by atoms with Crippen LogP contribution in [0, 0.1) is 6.92 Å². The van der Waals surface area contributed by atoms with Gasteiger partial charge in [0.1, 0.15) is 42.0 Å². The van der Waals surface area contributed by atoms with E-state index in [1.165, 1.54) is 6.92 Å². The van der Waals surface area contributed by atoms with Crippen molar-refractivity contribution in [3.8, 4) is 17.2 Å². The molecule has 2 heterocycles. The van der Waals surface area contributed by atoms with Gasteiger partial charge in [0.25, 0.3) is 0 Å². The molecule has 1 aromatic rings. The summed E-state index contributed by atoms with van der Waals surface area (Å²) in [6, 6.07) is 0. The molecule has 2 saturated heterocycles. The summed E-state index contributed by atoms with van der Waals surface area (Å²) in [5, 5.41) is 22.9. The van der Waals surface area contributed by atoms with E-state index in [-0.39, 0.29) is 5.56 Å². The van der Waals surface area contributed by atoms with Gasteiger partial charge in [0.15, 0.2) is 48.1 Å². The molecule has 3 aliphatic rings. The minimum atomic E-state index is -1.80. The summed E-state index contributed by atoms with van der Waals surface area (Å²) in [5.74, 6) is -12.1. The number of ether oxygens (including phenoxy) is 11. The fraction of sp³-hybridized carbons (Fsp3) is 0.550. The molecule has 2 N–H and O–H groups in total. The van der Waals surface area contributed by atoms with Crippen LogP contribution in [0.4, 0.5) is 0 Å². The van der Waals surface area contributed by atoms with Crippen LogP contribution in [0.15, 0.2) is 9.81 Å². The first kappa shape index (κ1) is 51.7. The lowest BCUT2D eigenvalue weighted by atomic mass is 9.90. The number of hydrogen-bond acceptors (Lipinski definition) is 25. The summed E-state index contributed by atoms with van der Waals surface area (Å²) in [6.45, 7) is 7.88. The Bertz CT molecular complexity index is 2170. The van der Waals surface area contributed by atoms with Gasteiger partial charge in [-0.2, -0.15) is 0 Å². The van der Waals surface area contributed by atoms with E-state index < -0.39 is 170 Å². The lowest BCUT2D eigenvalue weighted by molar-refractivity contribution is -0.237. The van der Waals surface area contributed by atoms with Crippen LogP contribution in [-0.4, -0.2) is 150 Å². The maximum absolute atomic E-state index is 15.0. The average molecular weight is 959 g/mol. The van der Waals surface area contributed by atoms with Gasteiger partial charge in [-0.1, -0.05) is 23.5 Å². The SMILES string of the molecule is COc1c(C)c(O)c2c(c1O)C(=O)C(S[C@@H]1O[C@H](COC(C)=O)[C@@H](OC(C)=O)[C@H](OC(C)=O)[C@H]1OC(C)=O)=C(S[C@H]1O[C@@H](COC(C)=O)[C@H](OC(C)=O)[C@@H](OC(C)=O)[C@@H]1OC(C)=O)C2=O. The van der Waals surface area contributed by atoms with Crippen LogP contribution in [0.25, 0.3) is 0 Å². The van der Waals surface area contributed by atoms with E-state index in [0.29, 0.717) is 23.5 Å². The molecule has 23 nitrogen and oxygen atoms in total. The van der Waals surface area contributed by atoms with Crippen molar-refractivity contribution in [1.82, 2.24) is 0 Å². The minimum Gasteiger partial charge on any atom is -0.507 e. The monoisotopic (exact) mass is 958 g/mol. The summed E-state index contributed by atoms with van der Waals surface area (Å²) in [5.41, 5.74) is -5.24. The second-order valence-corrected chi connectivity index (χ2v) is 16.5. The Morgan fingerprint density at radius 1 is 0.492 bits per heavy atom. The number of hydrogen-bond donors (Lipinski definition) is 2. The predicted octanol–water partition coefficient (Wildman–Crippen LogP) is 1.64. The van der Waals surface area contributed by atoms with Crippen molar-refractivity contribution in [3.05, 3.63) is 26.5 Å². The molecule has 1 aliphatic carbocycles. The zero-order valence-corrected chi connectivity index (χ0v) is 38.1. The molecule has 356 valence electrons. The summed E-state index contributed by atoms with van der Waals surface area (Å²) >= 11 is 0.672. The lowest BCUT2D eigenvalue weighted by Gasteiger charge is -2.45. The second kappa shape index (κ2) is 21.8. The maximum atomic E-state index is 15.0. The summed E-state index contributed by atoms with van der Waals surface area (Å²) in [4.78, 5) is 128. The van der Waals surface area contributed by atoms with Gasteiger partial charge in [-0.25, -0.2) is 0 Å². The molecular formula is C40H46O23S2. The second-order valence-electron chi connectivity index (χ2n) is 14.3. The van der Waals surface area contributed by atoms with Gasteiger partial charge >= 0.3 is 47.8 Å². The van der Waals surface area contributed by atoms with E-state index in [1.807, 2.05) is 0 Å². The molecule has 0 spiro atoms. The van der Waals surface area contributed by atoms with Gasteiger partial charge in [-0.05, 0) is 6.92 Å². The first-order valence-electron chi connectivity index (χ1n) is 19.3. The Balaban J connectivity index is 2.05. The number of phenolic OH excluding ortho intramolecular Hbond substituents is 2. The molecule has 0 unspecified atom stereocenters. The Morgan fingerprint density at radius 2 is 0.800 bits per heavy atom. The molecule has 2 fully saturated rings. The van der Waals surface area contributed by atoms with Crippen LogP contribution in [0.3, 0.4) is 0 Å². The third-order valence-electron chi connectivity index (χ3n) is 9.28. The minimum absolute atomic E-state index is 0.183. The smallest absolute Gasteiger partial charge is 0.303 e. The number of esters is 8. The zero-order chi connectivity index (χ0) is 48.8. The fourth-order valence-electron chi connectivity index (χ4n) is 6.96. The van der Waals surface area contributed by atoms with Crippen LogP contribution >= 0.6 is 23.5 Å². The van der Waals surface area contributed by atoms with Crippen molar-refractivity contribution in [2.24, 2.45) is 0 Å². The van der Waals surface area contributed by atoms with Crippen molar-refractivity contribution in [3.63, 3.8) is 0 Å². The van der Waals surface area contributed by atoms with E-state index in [2.05, 4.69) is 0 Å². The number of methoxy groups -OCH3 is 1. The standard InChI is InChI=1S/C40H46O23S2/c1-13-26(49)24-25(27(50)30(13)53-10)29(52)38(65-40-36(61-21(9)48)34(59-19(7)46)32(57-17(5)44)23(63-40)12-55-15(3)42)37(28(24)51)64-39-35(60-20(8)47)33(58-18(6)45)31(56-16(4)43)22(62-39)11-54-14(2)41/h22-23,31-36,39-40,49-50H,11-12H2,1-10H3/t22-,23+,31-,32+,33+,34-,35-,36+,39+,40-/m0/s1. The highest BCUT2D eigenvalue weighted by Crippen LogP contribution is 2.52. The van der Waals surface area contributed by atoms with Gasteiger partial charge in [0.2, 0.25) is 11.6 Å². The largest absolute Gasteiger partial charge is 0.507 e. The maximum Gasteiger partial charge on any atom is 0.303 e. The molecule has 0 aromatic heterocycles. The third kappa shape index (κ3) is 12.3. The van der Waals surface area contributed by atoms with Gasteiger partial charge in [-0.3, -0.25) is 47.9 Å². The van der Waals surface area contributed by atoms with Crippen molar-refractivity contribution >= 4 is 82.8 Å². The van der Waals surface area contributed by atoms with Crippen LogP contribution < -0.4 is 4.74 Å². The van der Waals surface area contributed by atoms with E-state index >= 15 is 0 Å². The number of phenols is 2. The Kier molecular flexibility index (Phi) is 17.4. The summed E-state index contributed by atoms with van der Waals surface area (Å²) < 4.78 is 61.0. The van der Waals surface area contributed by atoms with Crippen LogP contribution in [0.2, 0.25) is 0 Å². The number of benzene rings is 1. The first-order chi connectivity index (χ1) is 30.4. The molecule has 65 heavy (non-hydrogen) atoms. The van der Waals surface area contributed by atoms with E-state index in [1.54, 1.807) is 0 Å². The number of carbonyl (C=O) groups is 10. The predicted molar refractivity (Wildman–Crippen MR) is 216 cm³/mol. The molecule has 2 aliphatic heterocycles. The summed E-state index contributed by atoms with van der Waals surface area (Å²) in [6.07, 6.45) is -13.4. The van der Waals surface area contributed by atoms with Crippen molar-refractivity contribution in [2.45, 2.75) is 122 Å². The molecule has 0 radical (unpaired) electrons. The number of thioether (sulfide) groups is 2. The molecular weight excluding hydrogens is 913 g/mol. The average Bonchev–Trinajstić information content (AvgIpc) is 3.18. The summed E-state index contributed by atoms with van der Waals surface area (Å²) in [7, 11) is 1.11. The van der Waals surface area contributed by atoms with E-state index in [9.17, 15) is 58.2 Å². The van der Waals surface area contributed by atoms with Crippen LogP contribution in [-0.2, 0) is 85.7 Å². The van der Waals surface area contributed by atoms with Crippen molar-refractivity contribution < 1.29 is 110 Å².